The van der Waals surface area contributed by atoms with E-state index < -0.39 is 0 Å². The van der Waals surface area contributed by atoms with Gasteiger partial charge in [-0.2, -0.15) is 0 Å². The molecule has 0 fully saturated rings. The summed E-state index contributed by atoms with van der Waals surface area (Å²) >= 11 is 0. The molecule has 0 radical (unpaired) electrons. The second-order valence-electron chi connectivity index (χ2n) is 2.22. The third kappa shape index (κ3) is 2.16. The van der Waals surface area contributed by atoms with Crippen molar-refractivity contribution in [1.29, 1.82) is 5.41 Å². The maximum Gasteiger partial charge on any atom is 0.150 e. The van der Waals surface area contributed by atoms with E-state index in [0.29, 0.717) is 5.56 Å². The van der Waals surface area contributed by atoms with E-state index in [9.17, 15) is 5.11 Å². The fourth-order valence-corrected chi connectivity index (χ4v) is 0.732. The van der Waals surface area contributed by atoms with Gasteiger partial charge in [0.2, 0.25) is 0 Å². The molecule has 0 aromatic carbocycles. The van der Waals surface area contributed by atoms with Crippen LogP contribution in [0.1, 0.15) is 12.5 Å². The number of hydrogen-bond donors (Lipinski definition) is 1. The van der Waals surface area contributed by atoms with Crippen LogP contribution in [-0.2, 0) is 0 Å². The number of rotatable bonds is 1. The minimum absolute atomic E-state index is 0.0232. The van der Waals surface area contributed by atoms with Gasteiger partial charge in [0, 0.05) is 18.0 Å². The van der Waals surface area contributed by atoms with Crippen LogP contribution >= 0.6 is 0 Å². The number of nitrogens with one attached hydrogen (secondary N) is 1. The van der Waals surface area contributed by atoms with Gasteiger partial charge in [0.1, 0.15) is 0 Å². The predicted molar refractivity (Wildman–Crippen MR) is 44.2 cm³/mol. The Morgan fingerprint density at radius 2 is 2.08 bits per heavy atom. The highest BCUT2D eigenvalue weighted by Crippen LogP contribution is 1.97. The zero-order valence-corrected chi connectivity index (χ0v) is 6.61. The van der Waals surface area contributed by atoms with E-state index >= 15 is 0 Å². The summed E-state index contributed by atoms with van der Waals surface area (Å²) in [6, 6.07) is 3.27. The first-order valence-corrected chi connectivity index (χ1v) is 3.41. The Morgan fingerprint density at radius 3 is 2.58 bits per heavy atom. The predicted octanol–water partition coefficient (Wildman–Crippen LogP) is 0.186. The molecule has 4 heteroatoms. The summed E-state index contributed by atoms with van der Waals surface area (Å²) in [7, 11) is 0. The highest BCUT2D eigenvalue weighted by molar-refractivity contribution is 6.02. The lowest BCUT2D eigenvalue weighted by Crippen LogP contribution is -2.14. The number of aromatic nitrogens is 1. The molecule has 0 saturated heterocycles. The lowest BCUT2D eigenvalue weighted by Gasteiger charge is -2.03. The van der Waals surface area contributed by atoms with Crippen molar-refractivity contribution >= 4 is 11.7 Å². The van der Waals surface area contributed by atoms with Gasteiger partial charge in [-0.25, -0.2) is 0 Å². The molecule has 0 atom stereocenters. The Hall–Kier alpha value is -1.71. The molecule has 0 aliphatic carbocycles. The summed E-state index contributed by atoms with van der Waals surface area (Å²) < 4.78 is 0. The summed E-state index contributed by atoms with van der Waals surface area (Å²) in [5.74, 6) is -0.387. The van der Waals surface area contributed by atoms with E-state index in [2.05, 4.69) is 9.98 Å². The second kappa shape index (κ2) is 3.61. The van der Waals surface area contributed by atoms with E-state index in [4.69, 9.17) is 5.41 Å². The molecule has 0 spiro atoms. The largest absolute Gasteiger partial charge is 0.862 e. The Labute approximate surface area is 70.1 Å². The van der Waals surface area contributed by atoms with Crippen molar-refractivity contribution in [1.82, 2.24) is 4.98 Å². The quantitative estimate of drug-likeness (QED) is 0.472. The average Bonchev–Trinajstić information content (AvgIpc) is 2.05. The fraction of sp³-hybridized carbons (Fsp3) is 0.125. The zero-order chi connectivity index (χ0) is 8.97. The molecule has 1 heterocycles. The van der Waals surface area contributed by atoms with Gasteiger partial charge in [0.15, 0.2) is 5.84 Å². The van der Waals surface area contributed by atoms with Gasteiger partial charge in [-0.05, 0) is 25.0 Å². The molecule has 0 bridgehead atoms. The second-order valence-corrected chi connectivity index (χ2v) is 2.22. The molecule has 1 N–H and O–H groups in total. The maximum atomic E-state index is 10.5. The first-order valence-electron chi connectivity index (χ1n) is 3.41. The van der Waals surface area contributed by atoms with Crippen LogP contribution in [-0.4, -0.2) is 16.7 Å². The molecule has 0 saturated carbocycles. The van der Waals surface area contributed by atoms with E-state index in [0.717, 1.165) is 0 Å². The minimum Gasteiger partial charge on any atom is -0.862 e. The van der Waals surface area contributed by atoms with E-state index in [1.807, 2.05) is 0 Å². The minimum atomic E-state index is -0.364. The SMILES string of the molecule is CC([O-])=NC(=N)c1ccncc1. The standard InChI is InChI=1S/C8H9N3O/c1-6(12)11-8(9)7-2-4-10-5-3-7/h2-5H,1H3,(H2,9,11,12)/p-1. The topological polar surface area (TPSA) is 72.2 Å². The Kier molecular flexibility index (Phi) is 2.53. The number of nitrogens with zero attached hydrogens (tertiary/aromatic N) is 2. The van der Waals surface area contributed by atoms with E-state index in [1.54, 1.807) is 24.5 Å². The third-order valence-electron chi connectivity index (χ3n) is 1.22. The average molecular weight is 162 g/mol. The Bertz CT molecular complexity index is 301. The molecular formula is C8H8N3O-. The van der Waals surface area contributed by atoms with Crippen molar-refractivity contribution in [3.63, 3.8) is 0 Å². The van der Waals surface area contributed by atoms with Gasteiger partial charge in [-0.15, -0.1) is 0 Å². The highest BCUT2D eigenvalue weighted by atomic mass is 16.3. The fourth-order valence-electron chi connectivity index (χ4n) is 0.732. The van der Waals surface area contributed by atoms with Crippen LogP contribution in [0.4, 0.5) is 0 Å². The van der Waals surface area contributed by atoms with Crippen molar-refractivity contribution in [2.24, 2.45) is 4.99 Å². The van der Waals surface area contributed by atoms with Crippen LogP contribution in [0.3, 0.4) is 0 Å². The molecule has 1 rings (SSSR count). The van der Waals surface area contributed by atoms with Crippen molar-refractivity contribution < 1.29 is 5.11 Å². The van der Waals surface area contributed by atoms with Gasteiger partial charge >= 0.3 is 0 Å². The van der Waals surface area contributed by atoms with Gasteiger partial charge in [0.25, 0.3) is 0 Å². The number of aliphatic imine (C=N–C) groups is 1. The molecule has 4 nitrogen and oxygen atoms in total. The Balaban J connectivity index is 2.87. The molecule has 12 heavy (non-hydrogen) atoms. The van der Waals surface area contributed by atoms with Crippen molar-refractivity contribution in [2.45, 2.75) is 6.92 Å². The van der Waals surface area contributed by atoms with Crippen LogP contribution in [0, 0.1) is 5.41 Å². The molecule has 1 aromatic rings. The van der Waals surface area contributed by atoms with E-state index in [1.165, 1.54) is 6.92 Å². The molecule has 0 aliphatic rings. The van der Waals surface area contributed by atoms with E-state index in [-0.39, 0.29) is 11.7 Å². The Morgan fingerprint density at radius 1 is 1.50 bits per heavy atom. The molecule has 0 aliphatic heterocycles. The summed E-state index contributed by atoms with van der Waals surface area (Å²) in [5, 5.41) is 17.8. The van der Waals surface area contributed by atoms with Crippen molar-refractivity contribution in [3.05, 3.63) is 30.1 Å². The first-order chi connectivity index (χ1) is 5.70. The zero-order valence-electron chi connectivity index (χ0n) is 6.61. The maximum absolute atomic E-state index is 10.5. The summed E-state index contributed by atoms with van der Waals surface area (Å²) in [5.41, 5.74) is 0.597. The summed E-state index contributed by atoms with van der Waals surface area (Å²) in [6.45, 7) is 1.32. The molecule has 62 valence electrons. The van der Waals surface area contributed by atoms with Crippen LogP contribution in [0.5, 0.6) is 0 Å². The van der Waals surface area contributed by atoms with Crippen LogP contribution < -0.4 is 5.11 Å². The molecule has 1 aromatic heterocycles. The number of amidine groups is 1. The summed E-state index contributed by atoms with van der Waals surface area (Å²) in [6.07, 6.45) is 3.11. The van der Waals surface area contributed by atoms with Crippen molar-refractivity contribution in [2.75, 3.05) is 0 Å². The molecular weight excluding hydrogens is 154 g/mol. The van der Waals surface area contributed by atoms with Gasteiger partial charge in [-0.3, -0.25) is 15.4 Å². The third-order valence-corrected chi connectivity index (χ3v) is 1.22. The molecule has 0 unspecified atom stereocenters. The normalized spacial score (nSPS) is 11.2. The van der Waals surface area contributed by atoms with Crippen LogP contribution in [0.15, 0.2) is 29.5 Å². The smallest absolute Gasteiger partial charge is 0.150 e. The monoisotopic (exact) mass is 162 g/mol. The number of pyridine rings is 1. The van der Waals surface area contributed by atoms with Crippen LogP contribution in [0.2, 0.25) is 0 Å². The van der Waals surface area contributed by atoms with Gasteiger partial charge < -0.3 is 5.11 Å². The van der Waals surface area contributed by atoms with Crippen molar-refractivity contribution in [3.8, 4) is 0 Å². The summed E-state index contributed by atoms with van der Waals surface area (Å²) in [4.78, 5) is 7.25. The number of hydrogen-bond acceptors (Lipinski definition) is 3. The first kappa shape index (κ1) is 8.39. The van der Waals surface area contributed by atoms with Gasteiger partial charge in [-0.1, -0.05) is 0 Å². The lowest BCUT2D eigenvalue weighted by molar-refractivity contribution is -0.215. The van der Waals surface area contributed by atoms with Crippen LogP contribution in [0.25, 0.3) is 0 Å². The van der Waals surface area contributed by atoms with Gasteiger partial charge in [0.05, 0.1) is 0 Å². The lowest BCUT2D eigenvalue weighted by atomic mass is 10.2. The highest BCUT2D eigenvalue weighted by Gasteiger charge is 1.95. The molecule has 0 amide bonds.